The molecule has 34 heavy (non-hydrogen) atoms. The standard InChI is InChI=1S/C25H34ClN3O4S/c1-16(2)20-15-21(17(3)13-24(20)33-6)18(4)27-25(30)22-14-19(7-8-23(22)26)34(31,32)29-11-9-28(5)10-12-29/h7-8,13-16,18H,9-12H2,1-6H3,(H,27,30)/t18-/m1/s1. The van der Waals surface area contributed by atoms with E-state index >= 15 is 0 Å². The molecule has 1 amide bonds. The molecule has 0 aromatic heterocycles. The average molecular weight is 508 g/mol. The van der Waals surface area contributed by atoms with E-state index in [4.69, 9.17) is 16.3 Å². The van der Waals surface area contributed by atoms with Gasteiger partial charge < -0.3 is 15.0 Å². The predicted octanol–water partition coefficient (Wildman–Crippen LogP) is 4.21. The van der Waals surface area contributed by atoms with Crippen molar-refractivity contribution in [2.75, 3.05) is 40.3 Å². The van der Waals surface area contributed by atoms with E-state index in [1.165, 1.54) is 22.5 Å². The van der Waals surface area contributed by atoms with Crippen LogP contribution >= 0.6 is 11.6 Å². The van der Waals surface area contributed by atoms with Gasteiger partial charge in [0.2, 0.25) is 10.0 Å². The molecule has 1 heterocycles. The molecule has 7 nitrogen and oxygen atoms in total. The van der Waals surface area contributed by atoms with Crippen LogP contribution < -0.4 is 10.1 Å². The van der Waals surface area contributed by atoms with E-state index < -0.39 is 15.9 Å². The number of hydrogen-bond donors (Lipinski definition) is 1. The van der Waals surface area contributed by atoms with Crippen molar-refractivity contribution in [3.8, 4) is 5.75 Å². The molecule has 1 saturated heterocycles. The summed E-state index contributed by atoms with van der Waals surface area (Å²) in [6.07, 6.45) is 0. The maximum Gasteiger partial charge on any atom is 0.253 e. The minimum atomic E-state index is -3.71. The van der Waals surface area contributed by atoms with Crippen molar-refractivity contribution in [3.63, 3.8) is 0 Å². The van der Waals surface area contributed by atoms with Crippen LogP contribution in [0.3, 0.4) is 0 Å². The Kier molecular flexibility index (Phi) is 8.29. The van der Waals surface area contributed by atoms with E-state index in [1.807, 2.05) is 27.0 Å². The number of benzene rings is 2. The fraction of sp³-hybridized carbons (Fsp3) is 0.480. The molecule has 0 aliphatic carbocycles. The molecule has 0 bridgehead atoms. The largest absolute Gasteiger partial charge is 0.496 e. The third-order valence-electron chi connectivity index (χ3n) is 6.34. The molecule has 2 aromatic rings. The molecule has 1 N–H and O–H groups in total. The average Bonchev–Trinajstić information content (AvgIpc) is 2.78. The van der Waals surface area contributed by atoms with Crippen LogP contribution in [0.25, 0.3) is 0 Å². The van der Waals surface area contributed by atoms with Gasteiger partial charge in [0.05, 0.1) is 28.6 Å². The number of likely N-dealkylation sites (N-methyl/N-ethyl adjacent to an activating group) is 1. The van der Waals surface area contributed by atoms with E-state index in [0.717, 1.165) is 22.4 Å². The Labute approximate surface area is 208 Å². The zero-order valence-electron chi connectivity index (χ0n) is 20.7. The third kappa shape index (κ3) is 5.57. The van der Waals surface area contributed by atoms with Gasteiger partial charge in [-0.3, -0.25) is 4.79 Å². The van der Waals surface area contributed by atoms with Gasteiger partial charge in [-0.1, -0.05) is 25.4 Å². The third-order valence-corrected chi connectivity index (χ3v) is 8.56. The SMILES string of the molecule is COc1cc(C)c([C@@H](C)NC(=O)c2cc(S(=O)(=O)N3CCN(C)CC3)ccc2Cl)cc1C(C)C. The number of nitrogens with one attached hydrogen (secondary N) is 1. The smallest absolute Gasteiger partial charge is 0.253 e. The summed E-state index contributed by atoms with van der Waals surface area (Å²) in [6, 6.07) is 8.02. The number of amides is 1. The summed E-state index contributed by atoms with van der Waals surface area (Å²) < 4.78 is 33.3. The molecule has 0 spiro atoms. The summed E-state index contributed by atoms with van der Waals surface area (Å²) in [5.74, 6) is 0.650. The van der Waals surface area contributed by atoms with Crippen LogP contribution in [0, 0.1) is 6.92 Å². The normalized spacial score (nSPS) is 16.5. The molecule has 1 fully saturated rings. The van der Waals surface area contributed by atoms with Crippen LogP contribution in [-0.4, -0.2) is 63.9 Å². The lowest BCUT2D eigenvalue weighted by Gasteiger charge is -2.31. The van der Waals surface area contributed by atoms with Crippen molar-refractivity contribution < 1.29 is 17.9 Å². The molecule has 1 atom stereocenters. The Hall–Kier alpha value is -2.13. The Bertz CT molecular complexity index is 1160. The van der Waals surface area contributed by atoms with Crippen molar-refractivity contribution in [1.82, 2.24) is 14.5 Å². The molecule has 0 saturated carbocycles. The minimum Gasteiger partial charge on any atom is -0.496 e. The molecular weight excluding hydrogens is 474 g/mol. The van der Waals surface area contributed by atoms with Gasteiger partial charge in [0, 0.05) is 26.2 Å². The lowest BCUT2D eigenvalue weighted by molar-refractivity contribution is 0.0939. The Balaban J connectivity index is 1.86. The predicted molar refractivity (Wildman–Crippen MR) is 135 cm³/mol. The van der Waals surface area contributed by atoms with Gasteiger partial charge in [-0.25, -0.2) is 8.42 Å². The summed E-state index contributed by atoms with van der Waals surface area (Å²) in [7, 11) is -0.102. The Morgan fingerprint density at radius 1 is 1.06 bits per heavy atom. The first-order valence-corrected chi connectivity index (χ1v) is 13.2. The highest BCUT2D eigenvalue weighted by Crippen LogP contribution is 2.32. The van der Waals surface area contributed by atoms with E-state index in [-0.39, 0.29) is 27.4 Å². The Morgan fingerprint density at radius 2 is 1.71 bits per heavy atom. The fourth-order valence-electron chi connectivity index (χ4n) is 4.18. The van der Waals surface area contributed by atoms with Crippen LogP contribution in [0.2, 0.25) is 5.02 Å². The lowest BCUT2D eigenvalue weighted by Crippen LogP contribution is -2.47. The molecule has 0 radical (unpaired) electrons. The number of halogens is 1. The number of carbonyl (C=O) groups is 1. The van der Waals surface area contributed by atoms with Gasteiger partial charge in [0.15, 0.2) is 0 Å². The van der Waals surface area contributed by atoms with Crippen molar-refractivity contribution >= 4 is 27.5 Å². The first-order chi connectivity index (χ1) is 15.9. The maximum absolute atomic E-state index is 13.2. The molecule has 1 aliphatic rings. The van der Waals surface area contributed by atoms with Crippen LogP contribution in [0.5, 0.6) is 5.75 Å². The van der Waals surface area contributed by atoms with E-state index in [2.05, 4.69) is 30.1 Å². The van der Waals surface area contributed by atoms with E-state index in [0.29, 0.717) is 26.2 Å². The topological polar surface area (TPSA) is 78.9 Å². The number of rotatable bonds is 7. The van der Waals surface area contributed by atoms with Crippen molar-refractivity contribution in [1.29, 1.82) is 0 Å². The number of nitrogens with zero attached hydrogens (tertiary/aromatic N) is 2. The van der Waals surface area contributed by atoms with Gasteiger partial charge in [-0.2, -0.15) is 4.31 Å². The molecular formula is C25H34ClN3O4S. The van der Waals surface area contributed by atoms with E-state index in [9.17, 15) is 13.2 Å². The summed E-state index contributed by atoms with van der Waals surface area (Å²) >= 11 is 6.32. The zero-order valence-corrected chi connectivity index (χ0v) is 22.3. The van der Waals surface area contributed by atoms with Crippen molar-refractivity contribution in [3.05, 3.63) is 57.6 Å². The number of hydrogen-bond acceptors (Lipinski definition) is 5. The molecule has 1 aliphatic heterocycles. The zero-order chi connectivity index (χ0) is 25.2. The van der Waals surface area contributed by atoms with Crippen LogP contribution in [0.4, 0.5) is 0 Å². The summed E-state index contributed by atoms with van der Waals surface area (Å²) in [5.41, 5.74) is 3.16. The van der Waals surface area contributed by atoms with Gasteiger partial charge >= 0.3 is 0 Å². The number of ether oxygens (including phenoxy) is 1. The van der Waals surface area contributed by atoms with Gasteiger partial charge in [0.25, 0.3) is 5.91 Å². The van der Waals surface area contributed by atoms with Gasteiger partial charge in [-0.05, 0) is 73.8 Å². The maximum atomic E-state index is 13.2. The quantitative estimate of drug-likeness (QED) is 0.607. The molecule has 9 heteroatoms. The molecule has 3 rings (SSSR count). The number of methoxy groups -OCH3 is 1. The number of sulfonamides is 1. The second-order valence-corrected chi connectivity index (χ2v) is 11.5. The number of carbonyl (C=O) groups excluding carboxylic acids is 1. The minimum absolute atomic E-state index is 0.0713. The first kappa shape index (κ1) is 26.5. The molecule has 186 valence electrons. The number of piperazine rings is 1. The molecule has 0 unspecified atom stereocenters. The second-order valence-electron chi connectivity index (χ2n) is 9.15. The van der Waals surface area contributed by atoms with E-state index in [1.54, 1.807) is 7.11 Å². The second kappa shape index (κ2) is 10.6. The highest BCUT2D eigenvalue weighted by molar-refractivity contribution is 7.89. The summed E-state index contributed by atoms with van der Waals surface area (Å²) in [5, 5.41) is 3.19. The van der Waals surface area contributed by atoms with Gasteiger partial charge in [-0.15, -0.1) is 0 Å². The van der Waals surface area contributed by atoms with Crippen molar-refractivity contribution in [2.45, 2.75) is 44.6 Å². The van der Waals surface area contributed by atoms with Gasteiger partial charge in [0.1, 0.15) is 5.75 Å². The first-order valence-electron chi connectivity index (χ1n) is 11.4. The van der Waals surface area contributed by atoms with Crippen LogP contribution in [0.1, 0.15) is 59.8 Å². The molecule has 2 aromatic carbocycles. The highest BCUT2D eigenvalue weighted by atomic mass is 35.5. The fourth-order valence-corrected chi connectivity index (χ4v) is 5.83. The Morgan fingerprint density at radius 3 is 2.29 bits per heavy atom. The highest BCUT2D eigenvalue weighted by Gasteiger charge is 2.29. The van der Waals surface area contributed by atoms with Crippen molar-refractivity contribution in [2.24, 2.45) is 0 Å². The summed E-state index contributed by atoms with van der Waals surface area (Å²) in [4.78, 5) is 15.3. The van der Waals surface area contributed by atoms with Crippen LogP contribution in [0.15, 0.2) is 35.2 Å². The lowest BCUT2D eigenvalue weighted by atomic mass is 9.93. The van der Waals surface area contributed by atoms with Crippen LogP contribution in [-0.2, 0) is 10.0 Å². The number of aryl methyl sites for hydroxylation is 1. The summed E-state index contributed by atoms with van der Waals surface area (Å²) in [6.45, 7) is 10.2. The monoisotopic (exact) mass is 507 g/mol.